The van der Waals surface area contributed by atoms with Gasteiger partial charge < -0.3 is 34.3 Å². The smallest absolute Gasteiger partial charge is 0.397 e. The van der Waals surface area contributed by atoms with E-state index >= 15 is 0 Å². The van der Waals surface area contributed by atoms with Gasteiger partial charge in [0, 0.05) is 13.0 Å². The number of unbranched alkanes of at least 4 members (excludes halogenated alkanes) is 9. The van der Waals surface area contributed by atoms with Gasteiger partial charge in [0.15, 0.2) is 6.29 Å². The van der Waals surface area contributed by atoms with Crippen molar-refractivity contribution in [3.05, 3.63) is 85.1 Å². The Morgan fingerprint density at radius 1 is 0.661 bits per heavy atom. The number of hydrogen-bond acceptors (Lipinski definition) is 11. The Morgan fingerprint density at radius 2 is 1.17 bits per heavy atom. The highest BCUT2D eigenvalue weighted by Crippen LogP contribution is 2.26. The highest BCUT2D eigenvalue weighted by molar-refractivity contribution is 7.80. The molecule has 338 valence electrons. The van der Waals surface area contributed by atoms with Crippen LogP contribution in [0.4, 0.5) is 0 Å². The lowest BCUT2D eigenvalue weighted by atomic mass is 9.99. The molecule has 6 atom stereocenters. The highest BCUT2D eigenvalue weighted by Gasteiger charge is 2.48. The van der Waals surface area contributed by atoms with E-state index < -0.39 is 59.8 Å². The summed E-state index contributed by atoms with van der Waals surface area (Å²) in [5.74, 6) is -0.437. The molecule has 0 amide bonds. The molecule has 59 heavy (non-hydrogen) atoms. The largest absolute Gasteiger partial charge is 0.457 e. The Hall–Kier alpha value is -2.72. The van der Waals surface area contributed by atoms with Crippen molar-refractivity contribution in [2.24, 2.45) is 0 Å². The van der Waals surface area contributed by atoms with Crippen molar-refractivity contribution in [3.8, 4) is 0 Å². The molecule has 0 radical (unpaired) electrons. The fourth-order valence-corrected chi connectivity index (χ4v) is 6.51. The van der Waals surface area contributed by atoms with Crippen LogP contribution in [0.2, 0.25) is 0 Å². The van der Waals surface area contributed by atoms with Gasteiger partial charge in [0.2, 0.25) is 0 Å². The molecule has 1 aliphatic heterocycles. The van der Waals surface area contributed by atoms with Gasteiger partial charge in [0.1, 0.15) is 30.5 Å². The molecule has 4 N–H and O–H groups in total. The molecule has 1 saturated heterocycles. The quantitative estimate of drug-likeness (QED) is 0.0204. The first-order valence-corrected chi connectivity index (χ1v) is 23.2. The second-order valence-electron chi connectivity index (χ2n) is 14.6. The molecule has 1 rings (SSSR count). The zero-order chi connectivity index (χ0) is 43.2. The highest BCUT2D eigenvalue weighted by atomic mass is 32.3. The fraction of sp³-hybridized carbons (Fsp3) is 0.674. The van der Waals surface area contributed by atoms with Crippen LogP contribution in [0.5, 0.6) is 0 Å². The molecule has 0 spiro atoms. The Morgan fingerprint density at radius 3 is 1.69 bits per heavy atom. The van der Waals surface area contributed by atoms with E-state index in [1.807, 2.05) is 0 Å². The number of allylic oxidation sites excluding steroid dienone is 14. The molecule has 1 heterocycles. The average Bonchev–Trinajstić information content (AvgIpc) is 3.20. The van der Waals surface area contributed by atoms with Crippen LogP contribution in [0.3, 0.4) is 0 Å². The number of aliphatic hydroxyl groups is 3. The van der Waals surface area contributed by atoms with E-state index in [1.54, 1.807) is 0 Å². The molecule has 6 unspecified atom stereocenters. The van der Waals surface area contributed by atoms with Crippen molar-refractivity contribution in [3.63, 3.8) is 0 Å². The molecular weight excluding hydrogens is 777 g/mol. The normalized spacial score (nSPS) is 21.2. The number of ether oxygens (including phenoxy) is 4. The maximum absolute atomic E-state index is 12.8. The van der Waals surface area contributed by atoms with Crippen molar-refractivity contribution in [1.82, 2.24) is 0 Å². The van der Waals surface area contributed by atoms with Crippen LogP contribution in [0.25, 0.3) is 0 Å². The number of carbonyl (C=O) groups excluding carboxylic acids is 1. The summed E-state index contributed by atoms with van der Waals surface area (Å²) in [6.45, 7) is 3.75. The standard InChI is InChI=1S/C46H76O12S/c1-3-5-7-9-11-12-13-14-15-16-17-18-19-20-21-22-23-24-25-26-27-28-29-31-33-35-42(48)56-40(38-54-36-34-32-30-10-8-6-4-2)39-55-46-44(50)45(58-59(51,52)53)43(49)41(37-47)57-46/h5,7,11-12,14-15,17-18,20-21,23-24,26-27,40-41,43-47,49-50H,3-4,6,8-10,13,16,19,22,25,28-39H2,1-2H3,(H,51,52,53)/b7-5-,12-11-,15-14-,18-17-,21-20-,24-23-,27-26-. The van der Waals surface area contributed by atoms with E-state index in [0.717, 1.165) is 83.5 Å². The summed E-state index contributed by atoms with van der Waals surface area (Å²) >= 11 is 0. The minimum atomic E-state index is -5.06. The first-order chi connectivity index (χ1) is 28.6. The van der Waals surface area contributed by atoms with Crippen molar-refractivity contribution in [2.45, 2.75) is 173 Å². The second-order valence-corrected chi connectivity index (χ2v) is 15.6. The predicted molar refractivity (Wildman–Crippen MR) is 234 cm³/mol. The van der Waals surface area contributed by atoms with Gasteiger partial charge in [-0.25, -0.2) is 4.18 Å². The molecule has 1 aliphatic rings. The zero-order valence-corrected chi connectivity index (χ0v) is 36.6. The van der Waals surface area contributed by atoms with Gasteiger partial charge in [-0.3, -0.25) is 9.35 Å². The van der Waals surface area contributed by atoms with E-state index in [0.29, 0.717) is 13.0 Å². The van der Waals surface area contributed by atoms with Crippen LogP contribution < -0.4 is 0 Å². The van der Waals surface area contributed by atoms with Crippen molar-refractivity contribution >= 4 is 16.4 Å². The van der Waals surface area contributed by atoms with Gasteiger partial charge in [0.25, 0.3) is 0 Å². The van der Waals surface area contributed by atoms with Gasteiger partial charge in [-0.05, 0) is 70.6 Å². The Bertz CT molecular complexity index is 1350. The molecule has 0 aromatic carbocycles. The zero-order valence-electron chi connectivity index (χ0n) is 35.8. The van der Waals surface area contributed by atoms with Crippen LogP contribution >= 0.6 is 0 Å². The average molecular weight is 853 g/mol. The minimum absolute atomic E-state index is 0.0168. The summed E-state index contributed by atoms with van der Waals surface area (Å²) < 4.78 is 58.7. The monoisotopic (exact) mass is 853 g/mol. The number of esters is 1. The molecule has 13 heteroatoms. The third kappa shape index (κ3) is 30.9. The number of hydrogen-bond donors (Lipinski definition) is 4. The third-order valence-corrected chi connectivity index (χ3v) is 9.75. The second kappa shape index (κ2) is 37.1. The Balaban J connectivity index is 2.38. The van der Waals surface area contributed by atoms with E-state index in [-0.39, 0.29) is 19.6 Å². The maximum atomic E-state index is 12.8. The van der Waals surface area contributed by atoms with Crippen LogP contribution in [-0.2, 0) is 38.3 Å². The van der Waals surface area contributed by atoms with Gasteiger partial charge in [-0.1, -0.05) is 144 Å². The molecule has 12 nitrogen and oxygen atoms in total. The van der Waals surface area contributed by atoms with Crippen LogP contribution in [0.15, 0.2) is 85.1 Å². The minimum Gasteiger partial charge on any atom is -0.457 e. The van der Waals surface area contributed by atoms with Crippen molar-refractivity contribution in [2.75, 3.05) is 26.4 Å². The lowest BCUT2D eigenvalue weighted by molar-refractivity contribution is -0.301. The molecule has 0 aromatic rings. The van der Waals surface area contributed by atoms with E-state index in [2.05, 4.69) is 103 Å². The van der Waals surface area contributed by atoms with Gasteiger partial charge >= 0.3 is 16.4 Å². The first kappa shape index (κ1) is 54.3. The van der Waals surface area contributed by atoms with Crippen LogP contribution in [0, 0.1) is 0 Å². The SMILES string of the molecule is CC/C=C\C/C=C\C/C=C\C/C=C\C/C=C\C/C=C\C/C=C\CCCCCC(=O)OC(COCCCCCCCCC)COC1OC(CO)C(O)C(OS(=O)(=O)O)C1O. The lowest BCUT2D eigenvalue weighted by Crippen LogP contribution is -2.60. The van der Waals surface area contributed by atoms with Crippen molar-refractivity contribution < 1.29 is 56.2 Å². The summed E-state index contributed by atoms with van der Waals surface area (Å²) in [6.07, 6.45) is 39.3. The molecule has 1 fully saturated rings. The maximum Gasteiger partial charge on any atom is 0.397 e. The number of aliphatic hydroxyl groups excluding tert-OH is 3. The van der Waals surface area contributed by atoms with Crippen LogP contribution in [-0.4, -0.2) is 97.5 Å². The molecular formula is C46H76O12S. The lowest BCUT2D eigenvalue weighted by Gasteiger charge is -2.41. The first-order valence-electron chi connectivity index (χ1n) is 21.8. The number of carbonyl (C=O) groups is 1. The Labute approximate surface area is 355 Å². The number of rotatable bonds is 36. The Kier molecular flexibility index (Phi) is 34.1. The third-order valence-electron chi connectivity index (χ3n) is 9.28. The fourth-order valence-electron chi connectivity index (χ4n) is 6.00. The summed E-state index contributed by atoms with van der Waals surface area (Å²) in [5, 5.41) is 30.5. The topological polar surface area (TPSA) is 178 Å². The van der Waals surface area contributed by atoms with Gasteiger partial charge in [0.05, 0.1) is 19.8 Å². The summed E-state index contributed by atoms with van der Waals surface area (Å²) in [7, 11) is -5.06. The van der Waals surface area contributed by atoms with Gasteiger partial charge in [-0.2, -0.15) is 8.42 Å². The van der Waals surface area contributed by atoms with Gasteiger partial charge in [-0.15, -0.1) is 0 Å². The van der Waals surface area contributed by atoms with Crippen molar-refractivity contribution in [1.29, 1.82) is 0 Å². The predicted octanol–water partition coefficient (Wildman–Crippen LogP) is 8.90. The summed E-state index contributed by atoms with van der Waals surface area (Å²) in [5.41, 5.74) is 0. The molecule has 0 saturated carbocycles. The van der Waals surface area contributed by atoms with E-state index in [9.17, 15) is 28.5 Å². The summed E-state index contributed by atoms with van der Waals surface area (Å²) in [6, 6.07) is 0. The van der Waals surface area contributed by atoms with E-state index in [1.165, 1.54) is 25.7 Å². The molecule has 0 aliphatic carbocycles. The van der Waals surface area contributed by atoms with E-state index in [4.69, 9.17) is 23.5 Å². The molecule has 0 aromatic heterocycles. The van der Waals surface area contributed by atoms with Crippen LogP contribution in [0.1, 0.15) is 136 Å². The molecule has 0 bridgehead atoms. The summed E-state index contributed by atoms with van der Waals surface area (Å²) in [4.78, 5) is 12.8.